The van der Waals surface area contributed by atoms with Crippen LogP contribution in [0.1, 0.15) is 41.5 Å². The Kier molecular flexibility index (Phi) is 8.10. The summed E-state index contributed by atoms with van der Waals surface area (Å²) in [5.74, 6) is -1.76. The lowest BCUT2D eigenvalue weighted by Gasteiger charge is -2.26. The monoisotopic (exact) mass is 324 g/mol. The molecular formula is C12H25N2O6P. The van der Waals surface area contributed by atoms with Gasteiger partial charge in [-0.25, -0.2) is 9.65 Å². The van der Waals surface area contributed by atoms with E-state index in [4.69, 9.17) is 14.2 Å². The van der Waals surface area contributed by atoms with Crippen molar-refractivity contribution < 1.29 is 28.3 Å². The number of aliphatic carboxylic acids is 1. The minimum Gasteiger partial charge on any atom is -0.480 e. The molecule has 3 N–H and O–H groups in total. The summed E-state index contributed by atoms with van der Waals surface area (Å²) < 4.78 is 23.0. The van der Waals surface area contributed by atoms with Crippen LogP contribution in [0.3, 0.4) is 0 Å². The quantitative estimate of drug-likeness (QED) is 0.551. The van der Waals surface area contributed by atoms with Crippen LogP contribution in [0.25, 0.3) is 0 Å². The van der Waals surface area contributed by atoms with E-state index in [2.05, 4.69) is 10.4 Å². The number of rotatable bonds is 9. The Morgan fingerprint density at radius 3 is 1.71 bits per heavy atom. The molecule has 0 aliphatic carbocycles. The molecule has 0 aliphatic rings. The Hall–Kier alpha value is -0.950. The fourth-order valence-corrected chi connectivity index (χ4v) is 3.21. The largest absolute Gasteiger partial charge is 0.480 e. The molecule has 0 aromatic rings. The van der Waals surface area contributed by atoms with Gasteiger partial charge in [-0.05, 0) is 41.5 Å². The second-order valence-electron chi connectivity index (χ2n) is 5.23. The van der Waals surface area contributed by atoms with Crippen LogP contribution in [0.2, 0.25) is 0 Å². The Balaban J connectivity index is 4.80. The van der Waals surface area contributed by atoms with Gasteiger partial charge in [0.25, 0.3) is 0 Å². The van der Waals surface area contributed by atoms with Crippen molar-refractivity contribution in [2.45, 2.75) is 65.8 Å². The number of carboxylic acids is 1. The summed E-state index contributed by atoms with van der Waals surface area (Å²) in [7, 11) is -3.67. The molecule has 1 amide bonds. The Morgan fingerprint density at radius 1 is 0.952 bits per heavy atom. The van der Waals surface area contributed by atoms with Crippen molar-refractivity contribution in [3.05, 3.63) is 0 Å². The summed E-state index contributed by atoms with van der Waals surface area (Å²) >= 11 is 0. The molecule has 21 heavy (non-hydrogen) atoms. The number of carboxylic acid groups (broad SMARTS) is 1. The average molecular weight is 324 g/mol. The molecule has 2 atom stereocenters. The first-order valence-corrected chi connectivity index (χ1v) is 8.29. The van der Waals surface area contributed by atoms with Crippen molar-refractivity contribution in [1.82, 2.24) is 10.4 Å². The van der Waals surface area contributed by atoms with E-state index in [-0.39, 0.29) is 12.2 Å². The molecule has 0 heterocycles. The number of carbonyl (C=O) groups is 2. The maximum Gasteiger partial charge on any atom is 0.406 e. The molecule has 0 saturated carbocycles. The third-order valence-corrected chi connectivity index (χ3v) is 4.28. The zero-order valence-corrected chi connectivity index (χ0v) is 14.1. The highest BCUT2D eigenvalue weighted by atomic mass is 31.2. The van der Waals surface area contributed by atoms with Gasteiger partial charge in [0, 0.05) is 0 Å². The number of amides is 1. The predicted molar refractivity (Wildman–Crippen MR) is 77.9 cm³/mol. The topological polar surface area (TPSA) is 114 Å². The summed E-state index contributed by atoms with van der Waals surface area (Å²) in [6.07, 6.45) is -0.731. The summed E-state index contributed by atoms with van der Waals surface area (Å²) in [5, 5.41) is 13.5. The van der Waals surface area contributed by atoms with E-state index in [1.807, 2.05) is 0 Å². The predicted octanol–water partition coefficient (Wildman–Crippen LogP) is 1.51. The van der Waals surface area contributed by atoms with Gasteiger partial charge >= 0.3 is 13.7 Å². The maximum absolute atomic E-state index is 12.5. The van der Waals surface area contributed by atoms with Crippen LogP contribution in [0.4, 0.5) is 0 Å². The lowest BCUT2D eigenvalue weighted by molar-refractivity contribution is -0.141. The van der Waals surface area contributed by atoms with E-state index in [0.29, 0.717) is 0 Å². The highest BCUT2D eigenvalue weighted by Gasteiger charge is 2.32. The lowest BCUT2D eigenvalue weighted by atomic mass is 10.3. The number of hydrogen-bond acceptors (Lipinski definition) is 5. The molecule has 124 valence electrons. The Labute approximate surface area is 125 Å². The molecule has 8 nitrogen and oxygen atoms in total. The van der Waals surface area contributed by atoms with E-state index >= 15 is 0 Å². The second kappa shape index (κ2) is 8.48. The molecule has 0 fully saturated rings. The van der Waals surface area contributed by atoms with Gasteiger partial charge in [0.05, 0.1) is 18.2 Å². The second-order valence-corrected chi connectivity index (χ2v) is 6.90. The Morgan fingerprint density at radius 2 is 1.38 bits per heavy atom. The molecule has 0 saturated heterocycles. The molecular weight excluding hydrogens is 299 g/mol. The highest BCUT2D eigenvalue weighted by molar-refractivity contribution is 7.51. The highest BCUT2D eigenvalue weighted by Crippen LogP contribution is 2.46. The third kappa shape index (κ3) is 8.16. The van der Waals surface area contributed by atoms with Crippen LogP contribution in [0, 0.1) is 0 Å². The Bertz CT molecular complexity index is 399. The van der Waals surface area contributed by atoms with Gasteiger partial charge in [0.15, 0.2) is 0 Å². The van der Waals surface area contributed by atoms with Crippen molar-refractivity contribution in [3.63, 3.8) is 0 Å². The molecule has 0 aromatic carbocycles. The minimum absolute atomic E-state index is 0.365. The SMILES string of the molecule is CC(C)OP(=O)(N[C@@H](C)C(=O)N[C@@H](C)C(=O)O)OC(C)C. The molecule has 0 unspecified atom stereocenters. The summed E-state index contributed by atoms with van der Waals surface area (Å²) in [6.45, 7) is 9.54. The third-order valence-electron chi connectivity index (χ3n) is 2.17. The van der Waals surface area contributed by atoms with E-state index in [1.165, 1.54) is 13.8 Å². The van der Waals surface area contributed by atoms with E-state index < -0.39 is 31.7 Å². The van der Waals surface area contributed by atoms with Crippen LogP contribution in [0.15, 0.2) is 0 Å². The fraction of sp³-hybridized carbons (Fsp3) is 0.833. The normalized spacial score (nSPS) is 15.0. The fourth-order valence-electron chi connectivity index (χ4n) is 1.34. The van der Waals surface area contributed by atoms with E-state index in [0.717, 1.165) is 0 Å². The lowest BCUT2D eigenvalue weighted by Crippen LogP contribution is -2.47. The maximum atomic E-state index is 12.5. The van der Waals surface area contributed by atoms with Crippen LogP contribution in [-0.4, -0.2) is 41.3 Å². The molecule has 9 heteroatoms. The standard InChI is InChI=1S/C12H25N2O6P/c1-7(2)19-21(18,20-8(3)4)14-9(5)11(15)13-10(6)12(16)17/h7-10H,1-6H3,(H,13,15)(H,14,18)(H,16,17)/t9-,10-/m0/s1. The smallest absolute Gasteiger partial charge is 0.406 e. The van der Waals surface area contributed by atoms with Crippen LogP contribution < -0.4 is 10.4 Å². The van der Waals surface area contributed by atoms with Crippen molar-refractivity contribution in [2.75, 3.05) is 0 Å². The summed E-state index contributed by atoms with van der Waals surface area (Å²) in [5.41, 5.74) is 0. The zero-order valence-electron chi connectivity index (χ0n) is 13.2. The molecule has 0 radical (unpaired) electrons. The van der Waals surface area contributed by atoms with E-state index in [9.17, 15) is 14.2 Å². The van der Waals surface area contributed by atoms with Crippen molar-refractivity contribution in [3.8, 4) is 0 Å². The van der Waals surface area contributed by atoms with E-state index in [1.54, 1.807) is 27.7 Å². The average Bonchev–Trinajstić information content (AvgIpc) is 2.25. The van der Waals surface area contributed by atoms with Gasteiger partial charge in [-0.15, -0.1) is 0 Å². The van der Waals surface area contributed by atoms with Crippen LogP contribution in [0.5, 0.6) is 0 Å². The first-order chi connectivity index (χ1) is 9.46. The number of nitrogens with one attached hydrogen (secondary N) is 2. The van der Waals surface area contributed by atoms with Crippen LogP contribution >= 0.6 is 7.75 Å². The van der Waals surface area contributed by atoms with Gasteiger partial charge in [-0.1, -0.05) is 0 Å². The molecule has 0 bridgehead atoms. The first kappa shape index (κ1) is 20.1. The summed E-state index contributed by atoms with van der Waals surface area (Å²) in [4.78, 5) is 22.5. The number of carbonyl (C=O) groups excluding carboxylic acids is 1. The molecule has 0 rings (SSSR count). The van der Waals surface area contributed by atoms with Crippen molar-refractivity contribution in [1.29, 1.82) is 0 Å². The first-order valence-electron chi connectivity index (χ1n) is 6.74. The molecule has 0 spiro atoms. The van der Waals surface area contributed by atoms with Gasteiger partial charge < -0.3 is 10.4 Å². The van der Waals surface area contributed by atoms with Crippen molar-refractivity contribution in [2.24, 2.45) is 0 Å². The zero-order chi connectivity index (χ0) is 16.8. The summed E-state index contributed by atoms with van der Waals surface area (Å²) in [6, 6.07) is -1.98. The van der Waals surface area contributed by atoms with Crippen LogP contribution in [-0.2, 0) is 23.2 Å². The minimum atomic E-state index is -3.67. The number of hydrogen-bond donors (Lipinski definition) is 3. The molecule has 0 aromatic heterocycles. The van der Waals surface area contributed by atoms with Gasteiger partial charge in [0.1, 0.15) is 6.04 Å². The van der Waals surface area contributed by atoms with Gasteiger partial charge in [-0.2, -0.15) is 0 Å². The van der Waals surface area contributed by atoms with Gasteiger partial charge in [0.2, 0.25) is 5.91 Å². The molecule has 0 aliphatic heterocycles. The van der Waals surface area contributed by atoms with Crippen molar-refractivity contribution >= 4 is 19.6 Å². The van der Waals surface area contributed by atoms with Gasteiger partial charge in [-0.3, -0.25) is 18.6 Å².